The van der Waals surface area contributed by atoms with Gasteiger partial charge in [-0.2, -0.15) is 8.78 Å². The lowest BCUT2D eigenvalue weighted by Gasteiger charge is -2.13. The third-order valence-corrected chi connectivity index (χ3v) is 3.11. The van der Waals surface area contributed by atoms with Crippen molar-refractivity contribution in [1.82, 2.24) is 10.6 Å². The predicted octanol–water partition coefficient (Wildman–Crippen LogP) is 1.81. The zero-order chi connectivity index (χ0) is 16.5. The number of hydrogen-bond donors (Lipinski definition) is 2. The van der Waals surface area contributed by atoms with Crippen LogP contribution in [0.5, 0.6) is 11.5 Å². The van der Waals surface area contributed by atoms with Crippen LogP contribution in [0, 0.1) is 5.92 Å². The van der Waals surface area contributed by atoms with E-state index >= 15 is 0 Å². The average Bonchev–Trinajstić information content (AvgIpc) is 2.47. The van der Waals surface area contributed by atoms with E-state index < -0.39 is 6.61 Å². The molecule has 0 saturated heterocycles. The molecule has 22 heavy (non-hydrogen) atoms. The Hall–Kier alpha value is -1.89. The minimum Gasteiger partial charge on any atom is -0.493 e. The molecule has 0 aliphatic heterocycles. The van der Waals surface area contributed by atoms with Crippen LogP contribution in [0.3, 0.4) is 0 Å². The minimum atomic E-state index is -2.91. The zero-order valence-corrected chi connectivity index (χ0v) is 13.0. The van der Waals surface area contributed by atoms with Crippen LogP contribution in [0.25, 0.3) is 0 Å². The molecule has 1 aromatic carbocycles. The van der Waals surface area contributed by atoms with Crippen molar-refractivity contribution in [2.45, 2.75) is 20.0 Å². The highest BCUT2D eigenvalue weighted by atomic mass is 19.3. The Morgan fingerprint density at radius 3 is 2.64 bits per heavy atom. The predicted molar refractivity (Wildman–Crippen MR) is 79.4 cm³/mol. The maximum absolute atomic E-state index is 12.3. The molecule has 2 N–H and O–H groups in total. The first-order valence-corrected chi connectivity index (χ1v) is 7.02. The second-order valence-corrected chi connectivity index (χ2v) is 4.86. The van der Waals surface area contributed by atoms with Crippen LogP contribution in [0.1, 0.15) is 12.5 Å². The fourth-order valence-corrected chi connectivity index (χ4v) is 1.97. The molecule has 1 rings (SSSR count). The summed E-state index contributed by atoms with van der Waals surface area (Å²) in [5, 5.41) is 5.74. The van der Waals surface area contributed by atoms with Crippen molar-refractivity contribution in [3.8, 4) is 11.5 Å². The molecule has 0 bridgehead atoms. The van der Waals surface area contributed by atoms with Crippen molar-refractivity contribution >= 4 is 5.91 Å². The van der Waals surface area contributed by atoms with E-state index in [0.29, 0.717) is 19.5 Å². The van der Waals surface area contributed by atoms with Gasteiger partial charge >= 0.3 is 6.61 Å². The van der Waals surface area contributed by atoms with E-state index in [9.17, 15) is 13.6 Å². The molecular formula is C15H22F2N2O3. The number of carbonyl (C=O) groups excluding carboxylic acids is 1. The van der Waals surface area contributed by atoms with Gasteiger partial charge in [0.05, 0.1) is 7.11 Å². The summed E-state index contributed by atoms with van der Waals surface area (Å²) >= 11 is 0. The highest BCUT2D eigenvalue weighted by Crippen LogP contribution is 2.29. The quantitative estimate of drug-likeness (QED) is 0.729. The number of carbonyl (C=O) groups is 1. The third kappa shape index (κ3) is 5.85. The van der Waals surface area contributed by atoms with Crippen LogP contribution in [0.15, 0.2) is 18.2 Å². The summed E-state index contributed by atoms with van der Waals surface area (Å²) in [6.07, 6.45) is 0.515. The maximum atomic E-state index is 12.3. The van der Waals surface area contributed by atoms with Crippen LogP contribution in [0.2, 0.25) is 0 Å². The van der Waals surface area contributed by atoms with Gasteiger partial charge in [-0.1, -0.05) is 13.0 Å². The van der Waals surface area contributed by atoms with E-state index in [-0.39, 0.29) is 23.3 Å². The van der Waals surface area contributed by atoms with Crippen molar-refractivity contribution in [3.63, 3.8) is 0 Å². The van der Waals surface area contributed by atoms with Gasteiger partial charge in [0.2, 0.25) is 5.91 Å². The molecule has 1 amide bonds. The van der Waals surface area contributed by atoms with Crippen molar-refractivity contribution < 1.29 is 23.0 Å². The van der Waals surface area contributed by atoms with Gasteiger partial charge in [-0.15, -0.1) is 0 Å². The van der Waals surface area contributed by atoms with E-state index in [2.05, 4.69) is 15.4 Å². The SMILES string of the molecule is CNCC(C)C(=O)NCCc1ccc(OC)c(OC(F)F)c1. The van der Waals surface area contributed by atoms with Gasteiger partial charge in [0.15, 0.2) is 11.5 Å². The van der Waals surface area contributed by atoms with Crippen LogP contribution in [0.4, 0.5) is 8.78 Å². The lowest BCUT2D eigenvalue weighted by Crippen LogP contribution is -2.35. The van der Waals surface area contributed by atoms with E-state index in [1.165, 1.54) is 13.2 Å². The Kier molecular flexibility index (Phi) is 7.59. The third-order valence-electron chi connectivity index (χ3n) is 3.11. The Morgan fingerprint density at radius 1 is 1.32 bits per heavy atom. The number of nitrogens with one attached hydrogen (secondary N) is 2. The molecule has 124 valence electrons. The first-order valence-electron chi connectivity index (χ1n) is 7.02. The number of hydrogen-bond acceptors (Lipinski definition) is 4. The number of alkyl halides is 2. The highest BCUT2D eigenvalue weighted by molar-refractivity contribution is 5.78. The fourth-order valence-electron chi connectivity index (χ4n) is 1.97. The van der Waals surface area contributed by atoms with Crippen LogP contribution in [-0.2, 0) is 11.2 Å². The monoisotopic (exact) mass is 316 g/mol. The summed E-state index contributed by atoms with van der Waals surface area (Å²) in [4.78, 5) is 11.7. The van der Waals surface area contributed by atoms with Gasteiger partial charge in [-0.05, 0) is 31.2 Å². The summed E-state index contributed by atoms with van der Waals surface area (Å²) in [5.41, 5.74) is 0.776. The lowest BCUT2D eigenvalue weighted by atomic mass is 10.1. The van der Waals surface area contributed by atoms with Gasteiger partial charge < -0.3 is 20.1 Å². The van der Waals surface area contributed by atoms with Gasteiger partial charge in [0.1, 0.15) is 0 Å². The largest absolute Gasteiger partial charge is 0.493 e. The topological polar surface area (TPSA) is 59.6 Å². The molecule has 0 spiro atoms. The molecule has 0 fully saturated rings. The van der Waals surface area contributed by atoms with E-state index in [1.807, 2.05) is 6.92 Å². The first-order chi connectivity index (χ1) is 10.5. The minimum absolute atomic E-state index is 0.00937. The number of benzene rings is 1. The smallest absolute Gasteiger partial charge is 0.387 e. The molecule has 1 unspecified atom stereocenters. The number of methoxy groups -OCH3 is 1. The Bertz CT molecular complexity index is 484. The van der Waals surface area contributed by atoms with Gasteiger partial charge in [-0.25, -0.2) is 0 Å². The fraction of sp³-hybridized carbons (Fsp3) is 0.533. The Labute approximate surface area is 129 Å². The molecule has 1 atom stereocenters. The van der Waals surface area contributed by atoms with Gasteiger partial charge in [0, 0.05) is 19.0 Å². The molecule has 7 heteroatoms. The summed E-state index contributed by atoms with van der Waals surface area (Å²) < 4.78 is 34.1. The molecule has 0 saturated carbocycles. The molecule has 5 nitrogen and oxygen atoms in total. The lowest BCUT2D eigenvalue weighted by molar-refractivity contribution is -0.124. The summed E-state index contributed by atoms with van der Waals surface area (Å²) in [6.45, 7) is -0.0618. The van der Waals surface area contributed by atoms with Crippen molar-refractivity contribution in [2.24, 2.45) is 5.92 Å². The first kappa shape index (κ1) is 18.2. The molecule has 0 aromatic heterocycles. The van der Waals surface area contributed by atoms with Crippen LogP contribution >= 0.6 is 0 Å². The number of rotatable bonds is 9. The molecule has 1 aromatic rings. The molecule has 0 radical (unpaired) electrons. The second-order valence-electron chi connectivity index (χ2n) is 4.86. The molecule has 0 heterocycles. The van der Waals surface area contributed by atoms with Crippen LogP contribution in [-0.4, -0.2) is 39.8 Å². The summed E-state index contributed by atoms with van der Waals surface area (Å²) in [6, 6.07) is 4.81. The summed E-state index contributed by atoms with van der Waals surface area (Å²) in [7, 11) is 3.17. The summed E-state index contributed by atoms with van der Waals surface area (Å²) in [5.74, 6) is 0.0612. The Balaban J connectivity index is 2.57. The maximum Gasteiger partial charge on any atom is 0.387 e. The zero-order valence-electron chi connectivity index (χ0n) is 13.0. The molecular weight excluding hydrogens is 294 g/mol. The molecule has 0 aliphatic carbocycles. The van der Waals surface area contributed by atoms with E-state index in [0.717, 1.165) is 5.56 Å². The number of ether oxygens (including phenoxy) is 2. The number of amides is 1. The van der Waals surface area contributed by atoms with Gasteiger partial charge in [-0.3, -0.25) is 4.79 Å². The normalized spacial score (nSPS) is 12.1. The van der Waals surface area contributed by atoms with Crippen LogP contribution < -0.4 is 20.1 Å². The average molecular weight is 316 g/mol. The number of halogens is 2. The standard InChI is InChI=1S/C15H22F2N2O3/c1-10(9-18-2)14(20)19-7-6-11-4-5-12(21-3)13(8-11)22-15(16)17/h4-5,8,10,15,18H,6-7,9H2,1-3H3,(H,19,20). The van der Waals surface area contributed by atoms with Gasteiger partial charge in [0.25, 0.3) is 0 Å². The van der Waals surface area contributed by atoms with Crippen molar-refractivity contribution in [1.29, 1.82) is 0 Å². The van der Waals surface area contributed by atoms with Crippen molar-refractivity contribution in [3.05, 3.63) is 23.8 Å². The second kappa shape index (κ2) is 9.19. The van der Waals surface area contributed by atoms with Crippen molar-refractivity contribution in [2.75, 3.05) is 27.2 Å². The molecule has 0 aliphatic rings. The van der Waals surface area contributed by atoms with E-state index in [1.54, 1.807) is 19.2 Å². The van der Waals surface area contributed by atoms with E-state index in [4.69, 9.17) is 4.74 Å². The Morgan fingerprint density at radius 2 is 2.05 bits per heavy atom. The highest BCUT2D eigenvalue weighted by Gasteiger charge is 2.13.